The van der Waals surface area contributed by atoms with Crippen molar-refractivity contribution < 1.29 is 17.9 Å². The predicted molar refractivity (Wildman–Crippen MR) is 110 cm³/mol. The Morgan fingerprint density at radius 3 is 2.71 bits per heavy atom. The molecule has 1 aliphatic heterocycles. The SMILES string of the molecule is CCOc1ccc(C(=O)NCCC2CCCCN2S(=O)(=O)c2cccs2)cc1. The number of carbonyl (C=O) groups excluding carboxylic acids is 1. The first-order valence-corrected chi connectivity index (χ1v) is 11.9. The molecular formula is C20H26N2O4S2. The second-order valence-corrected chi connectivity index (χ2v) is 9.76. The van der Waals surface area contributed by atoms with Crippen molar-refractivity contribution in [1.29, 1.82) is 0 Å². The molecule has 8 heteroatoms. The van der Waals surface area contributed by atoms with E-state index in [9.17, 15) is 13.2 Å². The number of hydrogen-bond donors (Lipinski definition) is 1. The van der Waals surface area contributed by atoms with Gasteiger partial charge in [0.1, 0.15) is 9.96 Å². The highest BCUT2D eigenvalue weighted by Crippen LogP contribution is 2.29. The maximum Gasteiger partial charge on any atom is 0.252 e. The summed E-state index contributed by atoms with van der Waals surface area (Å²) in [5.74, 6) is 0.571. The Morgan fingerprint density at radius 2 is 2.04 bits per heavy atom. The molecule has 28 heavy (non-hydrogen) atoms. The Bertz CT molecular complexity index is 864. The fraction of sp³-hybridized carbons (Fsp3) is 0.450. The van der Waals surface area contributed by atoms with Crippen molar-refractivity contribution in [2.45, 2.75) is 42.9 Å². The molecule has 0 bridgehead atoms. The van der Waals surface area contributed by atoms with E-state index in [1.165, 1.54) is 11.3 Å². The van der Waals surface area contributed by atoms with Gasteiger partial charge in [-0.15, -0.1) is 11.3 Å². The largest absolute Gasteiger partial charge is 0.494 e. The van der Waals surface area contributed by atoms with E-state index >= 15 is 0 Å². The molecule has 0 radical (unpaired) electrons. The Morgan fingerprint density at radius 1 is 1.25 bits per heavy atom. The summed E-state index contributed by atoms with van der Waals surface area (Å²) in [5, 5.41) is 4.69. The van der Waals surface area contributed by atoms with Gasteiger partial charge in [0.05, 0.1) is 6.61 Å². The topological polar surface area (TPSA) is 75.7 Å². The summed E-state index contributed by atoms with van der Waals surface area (Å²) in [7, 11) is -3.46. The highest BCUT2D eigenvalue weighted by molar-refractivity contribution is 7.91. The lowest BCUT2D eigenvalue weighted by molar-refractivity contribution is 0.0949. The zero-order chi connectivity index (χ0) is 20.0. The van der Waals surface area contributed by atoms with Gasteiger partial charge in [-0.1, -0.05) is 12.5 Å². The highest BCUT2D eigenvalue weighted by Gasteiger charge is 2.33. The van der Waals surface area contributed by atoms with Gasteiger partial charge in [-0.3, -0.25) is 4.79 Å². The van der Waals surface area contributed by atoms with Crippen LogP contribution >= 0.6 is 11.3 Å². The third kappa shape index (κ3) is 4.92. The number of carbonyl (C=O) groups is 1. The van der Waals surface area contributed by atoms with Gasteiger partial charge in [-0.2, -0.15) is 4.31 Å². The van der Waals surface area contributed by atoms with E-state index in [0.717, 1.165) is 25.0 Å². The molecule has 3 rings (SSSR count). The molecule has 1 aromatic carbocycles. The zero-order valence-electron chi connectivity index (χ0n) is 16.0. The summed E-state index contributed by atoms with van der Waals surface area (Å²) in [5.41, 5.74) is 0.565. The molecule has 2 aromatic rings. The minimum atomic E-state index is -3.46. The number of nitrogens with one attached hydrogen (secondary N) is 1. The summed E-state index contributed by atoms with van der Waals surface area (Å²) in [6.45, 7) is 3.47. The van der Waals surface area contributed by atoms with Crippen molar-refractivity contribution in [2.24, 2.45) is 0 Å². The second-order valence-electron chi connectivity index (χ2n) is 6.70. The molecule has 1 atom stereocenters. The van der Waals surface area contributed by atoms with Gasteiger partial charge in [-0.25, -0.2) is 8.42 Å². The van der Waals surface area contributed by atoms with Gasteiger partial charge >= 0.3 is 0 Å². The number of rotatable bonds is 8. The molecule has 1 N–H and O–H groups in total. The molecular weight excluding hydrogens is 396 g/mol. The summed E-state index contributed by atoms with van der Waals surface area (Å²) in [4.78, 5) is 12.3. The summed E-state index contributed by atoms with van der Waals surface area (Å²) >= 11 is 1.25. The highest BCUT2D eigenvalue weighted by atomic mass is 32.2. The number of benzene rings is 1. The molecule has 1 aliphatic rings. The van der Waals surface area contributed by atoms with Crippen LogP contribution in [-0.2, 0) is 10.0 Å². The van der Waals surface area contributed by atoms with Crippen LogP contribution in [0.15, 0.2) is 46.0 Å². The van der Waals surface area contributed by atoms with Crippen LogP contribution in [-0.4, -0.2) is 44.4 Å². The van der Waals surface area contributed by atoms with E-state index in [1.54, 1.807) is 46.1 Å². The molecule has 1 amide bonds. The maximum atomic E-state index is 12.9. The predicted octanol–water partition coefficient (Wildman–Crippen LogP) is 3.51. The van der Waals surface area contributed by atoms with Crippen LogP contribution < -0.4 is 10.1 Å². The van der Waals surface area contributed by atoms with Crippen LogP contribution in [0, 0.1) is 0 Å². The molecule has 1 saturated heterocycles. The molecule has 0 aliphatic carbocycles. The van der Waals surface area contributed by atoms with E-state index < -0.39 is 10.0 Å². The van der Waals surface area contributed by atoms with Crippen LogP contribution in [0.1, 0.15) is 43.0 Å². The van der Waals surface area contributed by atoms with Crippen molar-refractivity contribution in [3.63, 3.8) is 0 Å². The second kappa shape index (κ2) is 9.54. The lowest BCUT2D eigenvalue weighted by Crippen LogP contribution is -2.44. The minimum Gasteiger partial charge on any atom is -0.494 e. The molecule has 1 fully saturated rings. The van der Waals surface area contributed by atoms with Crippen molar-refractivity contribution >= 4 is 27.3 Å². The van der Waals surface area contributed by atoms with E-state index in [0.29, 0.717) is 35.9 Å². The monoisotopic (exact) mass is 422 g/mol. The number of amides is 1. The van der Waals surface area contributed by atoms with Crippen molar-refractivity contribution in [3.8, 4) is 5.75 Å². The van der Waals surface area contributed by atoms with Crippen molar-refractivity contribution in [2.75, 3.05) is 19.7 Å². The Labute approximate surface area is 170 Å². The minimum absolute atomic E-state index is 0.0820. The lowest BCUT2D eigenvalue weighted by Gasteiger charge is -2.34. The van der Waals surface area contributed by atoms with Crippen LogP contribution in [0.5, 0.6) is 5.75 Å². The van der Waals surface area contributed by atoms with Crippen LogP contribution in [0.3, 0.4) is 0 Å². The lowest BCUT2D eigenvalue weighted by atomic mass is 10.0. The first kappa shape index (κ1) is 20.8. The van der Waals surface area contributed by atoms with Gasteiger partial charge in [0, 0.05) is 24.7 Å². The average molecular weight is 423 g/mol. The fourth-order valence-corrected chi connectivity index (χ4v) is 6.27. The summed E-state index contributed by atoms with van der Waals surface area (Å²) in [6.07, 6.45) is 3.31. The van der Waals surface area contributed by atoms with Gasteiger partial charge in [0.15, 0.2) is 0 Å². The van der Waals surface area contributed by atoms with Gasteiger partial charge in [0.25, 0.3) is 15.9 Å². The Hall–Kier alpha value is -1.90. The third-order valence-electron chi connectivity index (χ3n) is 4.82. The quantitative estimate of drug-likeness (QED) is 0.706. The van der Waals surface area contributed by atoms with E-state index in [-0.39, 0.29) is 11.9 Å². The smallest absolute Gasteiger partial charge is 0.252 e. The number of thiophene rings is 1. The molecule has 0 spiro atoms. The molecule has 1 unspecified atom stereocenters. The molecule has 0 saturated carbocycles. The van der Waals surface area contributed by atoms with E-state index in [4.69, 9.17) is 4.74 Å². The number of hydrogen-bond acceptors (Lipinski definition) is 5. The van der Waals surface area contributed by atoms with Gasteiger partial charge in [0.2, 0.25) is 0 Å². The average Bonchev–Trinajstić information content (AvgIpc) is 3.25. The number of sulfonamides is 1. The van der Waals surface area contributed by atoms with Gasteiger partial charge in [-0.05, 0) is 61.9 Å². The van der Waals surface area contributed by atoms with E-state index in [1.807, 2.05) is 6.92 Å². The standard InChI is InChI=1S/C20H26N2O4S2/c1-2-26-18-10-8-16(9-11-18)20(23)21-13-12-17-6-3-4-14-22(17)28(24,25)19-7-5-15-27-19/h5,7-11,15,17H,2-4,6,12-14H2,1H3,(H,21,23). The maximum absolute atomic E-state index is 12.9. The summed E-state index contributed by atoms with van der Waals surface area (Å²) < 4.78 is 33.2. The Balaban J connectivity index is 1.57. The molecule has 152 valence electrons. The molecule has 1 aromatic heterocycles. The summed E-state index contributed by atoms with van der Waals surface area (Å²) in [6, 6.07) is 10.3. The van der Waals surface area contributed by atoms with Crippen LogP contribution in [0.2, 0.25) is 0 Å². The number of nitrogens with zero attached hydrogens (tertiary/aromatic N) is 1. The fourth-order valence-electron chi connectivity index (χ4n) is 3.43. The first-order chi connectivity index (χ1) is 13.5. The van der Waals surface area contributed by atoms with Crippen molar-refractivity contribution in [3.05, 3.63) is 47.3 Å². The number of piperidine rings is 1. The van der Waals surface area contributed by atoms with Crippen LogP contribution in [0.4, 0.5) is 0 Å². The van der Waals surface area contributed by atoms with Crippen LogP contribution in [0.25, 0.3) is 0 Å². The van der Waals surface area contributed by atoms with E-state index in [2.05, 4.69) is 5.32 Å². The Kier molecular flexibility index (Phi) is 7.09. The third-order valence-corrected chi connectivity index (χ3v) is 8.15. The molecule has 2 heterocycles. The number of ether oxygens (including phenoxy) is 1. The molecule has 6 nitrogen and oxygen atoms in total. The van der Waals surface area contributed by atoms with Crippen molar-refractivity contribution in [1.82, 2.24) is 9.62 Å². The first-order valence-electron chi connectivity index (χ1n) is 9.59. The zero-order valence-corrected chi connectivity index (χ0v) is 17.6. The normalized spacial score (nSPS) is 18.0. The van der Waals surface area contributed by atoms with Gasteiger partial charge < -0.3 is 10.1 Å².